The predicted octanol–water partition coefficient (Wildman–Crippen LogP) is -3.10. The first-order valence-electron chi connectivity index (χ1n) is 8.52. The van der Waals surface area contributed by atoms with E-state index in [2.05, 4.69) is 0 Å². The lowest BCUT2D eigenvalue weighted by atomic mass is 9.98. The Hall–Kier alpha value is -0.360. The normalized spacial score (nSPS) is 48.2. The second kappa shape index (κ2) is 10.7. The summed E-state index contributed by atoms with van der Waals surface area (Å²) in [6.07, 6.45) is -6.49. The minimum atomic E-state index is -1.22. The van der Waals surface area contributed by atoms with Crippen molar-refractivity contribution in [1.29, 1.82) is 0 Å². The zero-order valence-corrected chi connectivity index (χ0v) is 14.7. The molecule has 0 unspecified atom stereocenters. The van der Waals surface area contributed by atoms with Crippen LogP contribution in [0.15, 0.2) is 0 Å². The average molecular weight is 370 g/mol. The van der Waals surface area contributed by atoms with E-state index < -0.39 is 48.8 Å². The quantitative estimate of drug-likeness (QED) is 0.205. The lowest BCUT2D eigenvalue weighted by Crippen LogP contribution is -2.43. The van der Waals surface area contributed by atoms with Gasteiger partial charge in [-0.15, -0.1) is 0 Å². The van der Waals surface area contributed by atoms with Gasteiger partial charge in [0.2, 0.25) is 0 Å². The highest BCUT2D eigenvalue weighted by Crippen LogP contribution is 2.25. The van der Waals surface area contributed by atoms with Crippen LogP contribution in [0.5, 0.6) is 0 Å². The molecule has 0 heterocycles. The van der Waals surface area contributed by atoms with E-state index in [1.54, 1.807) is 13.8 Å². The zero-order valence-electron chi connectivity index (χ0n) is 14.7. The number of aliphatic hydroxyl groups excluding tert-OH is 8. The van der Waals surface area contributed by atoms with Gasteiger partial charge in [0.25, 0.3) is 0 Å². The molecular formula is C16H34O9. The Morgan fingerprint density at radius 2 is 0.720 bits per heavy atom. The molecule has 0 bridgehead atoms. The summed E-state index contributed by atoms with van der Waals surface area (Å²) in [5.41, 5.74) is 0. The summed E-state index contributed by atoms with van der Waals surface area (Å²) in [7, 11) is 0. The standard InChI is InChI=1S/2C8H16O4.H2O/c2*1-4-2-3-5(9)7(11)8(12)6(4)10;/h2*4-12H,2-3H2,1H3;1H2/t2*4-,5+,6+,7+,8-;/m00./s1. The van der Waals surface area contributed by atoms with Gasteiger partial charge in [0.1, 0.15) is 24.4 Å². The molecule has 0 aromatic carbocycles. The van der Waals surface area contributed by atoms with E-state index in [9.17, 15) is 40.9 Å². The number of hydrogen-bond donors (Lipinski definition) is 8. The third kappa shape index (κ3) is 6.38. The lowest BCUT2D eigenvalue weighted by Gasteiger charge is -2.24. The van der Waals surface area contributed by atoms with Crippen LogP contribution in [-0.2, 0) is 0 Å². The van der Waals surface area contributed by atoms with Crippen molar-refractivity contribution in [2.75, 3.05) is 0 Å². The molecule has 2 aliphatic rings. The van der Waals surface area contributed by atoms with E-state index in [4.69, 9.17) is 0 Å². The van der Waals surface area contributed by atoms with Gasteiger partial charge in [-0.1, -0.05) is 13.8 Å². The van der Waals surface area contributed by atoms with Crippen LogP contribution in [0.3, 0.4) is 0 Å². The molecule has 9 nitrogen and oxygen atoms in total. The SMILES string of the molecule is C[C@H]1CC[C@@H](O)[C@@H](O)[C@@H](O)[C@@H]1O.C[C@H]1CC[C@@H](O)[C@@H](O)[C@@H](O)[C@@H]1O.O. The summed E-state index contributed by atoms with van der Waals surface area (Å²) in [4.78, 5) is 0. The fraction of sp³-hybridized carbons (Fsp3) is 1.00. The summed E-state index contributed by atoms with van der Waals surface area (Å²) in [6.45, 7) is 3.58. The number of aliphatic hydroxyl groups is 8. The molecule has 0 saturated heterocycles. The Labute approximate surface area is 147 Å². The van der Waals surface area contributed by atoms with Crippen molar-refractivity contribution in [2.24, 2.45) is 11.8 Å². The third-order valence-corrected chi connectivity index (χ3v) is 5.19. The van der Waals surface area contributed by atoms with Crippen molar-refractivity contribution >= 4 is 0 Å². The van der Waals surface area contributed by atoms with Crippen molar-refractivity contribution in [3.63, 3.8) is 0 Å². The zero-order chi connectivity index (χ0) is 18.6. The van der Waals surface area contributed by atoms with Crippen LogP contribution < -0.4 is 0 Å². The maximum Gasteiger partial charge on any atom is 0.108 e. The highest BCUT2D eigenvalue weighted by atomic mass is 16.4. The third-order valence-electron chi connectivity index (χ3n) is 5.19. The van der Waals surface area contributed by atoms with Gasteiger partial charge in [-0.3, -0.25) is 0 Å². The minimum Gasteiger partial charge on any atom is -0.412 e. The van der Waals surface area contributed by atoms with Gasteiger partial charge in [0, 0.05) is 0 Å². The van der Waals surface area contributed by atoms with Gasteiger partial charge < -0.3 is 46.3 Å². The van der Waals surface area contributed by atoms with Crippen molar-refractivity contribution < 1.29 is 46.3 Å². The van der Waals surface area contributed by atoms with Gasteiger partial charge in [0.15, 0.2) is 0 Å². The van der Waals surface area contributed by atoms with Crippen LogP contribution in [0.25, 0.3) is 0 Å². The first-order valence-corrected chi connectivity index (χ1v) is 8.52. The molecular weight excluding hydrogens is 336 g/mol. The molecule has 0 spiro atoms. The van der Waals surface area contributed by atoms with Crippen molar-refractivity contribution in [3.8, 4) is 0 Å². The molecule has 10 N–H and O–H groups in total. The topological polar surface area (TPSA) is 193 Å². The molecule has 0 aromatic heterocycles. The fourth-order valence-corrected chi connectivity index (χ4v) is 3.08. The molecule has 25 heavy (non-hydrogen) atoms. The van der Waals surface area contributed by atoms with Gasteiger partial charge in [-0.25, -0.2) is 0 Å². The lowest BCUT2D eigenvalue weighted by molar-refractivity contribution is -0.102. The summed E-state index contributed by atoms with van der Waals surface area (Å²) in [6, 6.07) is 0. The van der Waals surface area contributed by atoms with Gasteiger partial charge >= 0.3 is 0 Å². The average Bonchev–Trinajstić information content (AvgIpc) is 2.70. The second-order valence-electron chi connectivity index (χ2n) is 7.19. The smallest absolute Gasteiger partial charge is 0.108 e. The van der Waals surface area contributed by atoms with E-state index >= 15 is 0 Å². The van der Waals surface area contributed by atoms with E-state index in [1.807, 2.05) is 0 Å². The van der Waals surface area contributed by atoms with E-state index in [0.29, 0.717) is 25.7 Å². The molecule has 2 rings (SSSR count). The van der Waals surface area contributed by atoms with Gasteiger partial charge in [-0.05, 0) is 37.5 Å². The van der Waals surface area contributed by atoms with Gasteiger partial charge in [-0.2, -0.15) is 0 Å². The first kappa shape index (κ1) is 24.6. The predicted molar refractivity (Wildman–Crippen MR) is 88.5 cm³/mol. The highest BCUT2D eigenvalue weighted by Gasteiger charge is 2.37. The van der Waals surface area contributed by atoms with Crippen LogP contribution in [-0.4, -0.2) is 95.2 Å². The van der Waals surface area contributed by atoms with Crippen molar-refractivity contribution in [3.05, 3.63) is 0 Å². The maximum absolute atomic E-state index is 9.39. The monoisotopic (exact) mass is 370 g/mol. The summed E-state index contributed by atoms with van der Waals surface area (Å²) in [5, 5.41) is 74.4. The molecule has 2 saturated carbocycles. The Morgan fingerprint density at radius 3 is 1.00 bits per heavy atom. The minimum absolute atomic E-state index is 0. The summed E-state index contributed by atoms with van der Waals surface area (Å²) >= 11 is 0. The van der Waals surface area contributed by atoms with E-state index in [0.717, 1.165) is 0 Å². The molecule has 0 amide bonds. The molecule has 10 atom stereocenters. The maximum atomic E-state index is 9.39. The summed E-state index contributed by atoms with van der Waals surface area (Å²) < 4.78 is 0. The van der Waals surface area contributed by atoms with Gasteiger partial charge in [0.05, 0.1) is 24.4 Å². The molecule has 9 heteroatoms. The molecule has 0 aromatic rings. The molecule has 0 aliphatic heterocycles. The van der Waals surface area contributed by atoms with Crippen molar-refractivity contribution in [1.82, 2.24) is 0 Å². The Balaban J connectivity index is 0.000000443. The first-order chi connectivity index (χ1) is 11.1. The van der Waals surface area contributed by atoms with Crippen LogP contribution in [0.2, 0.25) is 0 Å². The Kier molecular flexibility index (Phi) is 10.6. The number of hydrogen-bond acceptors (Lipinski definition) is 8. The number of rotatable bonds is 0. The highest BCUT2D eigenvalue weighted by molar-refractivity contribution is 4.88. The van der Waals surface area contributed by atoms with Crippen LogP contribution in [0.4, 0.5) is 0 Å². The van der Waals surface area contributed by atoms with E-state index in [-0.39, 0.29) is 17.3 Å². The molecule has 2 aliphatic carbocycles. The van der Waals surface area contributed by atoms with Crippen molar-refractivity contribution in [2.45, 2.75) is 88.4 Å². The summed E-state index contributed by atoms with van der Waals surface area (Å²) in [5.74, 6) is -0.154. The molecule has 0 radical (unpaired) electrons. The van der Waals surface area contributed by atoms with Crippen LogP contribution >= 0.6 is 0 Å². The molecule has 152 valence electrons. The fourth-order valence-electron chi connectivity index (χ4n) is 3.08. The van der Waals surface area contributed by atoms with E-state index in [1.165, 1.54) is 0 Å². The molecule has 2 fully saturated rings. The Morgan fingerprint density at radius 1 is 0.440 bits per heavy atom. The largest absolute Gasteiger partial charge is 0.412 e. The second-order valence-corrected chi connectivity index (χ2v) is 7.19. The Bertz CT molecular complexity index is 304. The van der Waals surface area contributed by atoms with Crippen LogP contribution in [0, 0.1) is 11.8 Å². The van der Waals surface area contributed by atoms with Crippen LogP contribution in [0.1, 0.15) is 39.5 Å².